The highest BCUT2D eigenvalue weighted by Gasteiger charge is 2.14. The number of hydrogen-bond donors (Lipinski definition) is 2. The largest absolute Gasteiger partial charge is 0.326 e. The summed E-state index contributed by atoms with van der Waals surface area (Å²) >= 11 is 0. The first-order valence-electron chi connectivity index (χ1n) is 5.24. The molecule has 6 nitrogen and oxygen atoms in total. The van der Waals surface area contributed by atoms with E-state index in [4.69, 9.17) is 0 Å². The van der Waals surface area contributed by atoms with E-state index in [1.54, 1.807) is 26.1 Å². The fourth-order valence-corrected chi connectivity index (χ4v) is 1.41. The quantitative estimate of drug-likeness (QED) is 0.599. The van der Waals surface area contributed by atoms with Crippen LogP contribution in [0.15, 0.2) is 18.2 Å². The van der Waals surface area contributed by atoms with Gasteiger partial charge in [0.15, 0.2) is 0 Å². The van der Waals surface area contributed by atoms with Gasteiger partial charge >= 0.3 is 0 Å². The fraction of sp³-hybridized carbons (Fsp3) is 0.364. The molecular formula is C11H15N3O3. The van der Waals surface area contributed by atoms with Gasteiger partial charge < -0.3 is 10.6 Å². The summed E-state index contributed by atoms with van der Waals surface area (Å²) < 4.78 is 0. The SMILES string of the molecule is CNCCC(=O)Nc1cccc([N+](=O)[O-])c1C. The molecule has 0 radical (unpaired) electrons. The van der Waals surface area contributed by atoms with Gasteiger partial charge in [0.25, 0.3) is 5.69 Å². The summed E-state index contributed by atoms with van der Waals surface area (Å²) in [5.41, 5.74) is 0.965. The van der Waals surface area contributed by atoms with Gasteiger partial charge in [-0.3, -0.25) is 14.9 Å². The standard InChI is InChI=1S/C11H15N3O3/c1-8-9(13-11(15)6-7-12-2)4-3-5-10(8)14(16)17/h3-5,12H,6-7H2,1-2H3,(H,13,15). The molecule has 0 aliphatic carbocycles. The monoisotopic (exact) mass is 237 g/mol. The average molecular weight is 237 g/mol. The van der Waals surface area contributed by atoms with Crippen molar-refractivity contribution >= 4 is 17.3 Å². The summed E-state index contributed by atoms with van der Waals surface area (Å²) in [6.45, 7) is 2.19. The molecule has 0 aromatic heterocycles. The Kier molecular flexibility index (Phi) is 4.59. The maximum absolute atomic E-state index is 11.5. The van der Waals surface area contributed by atoms with Gasteiger partial charge in [-0.15, -0.1) is 0 Å². The molecule has 1 rings (SSSR count). The van der Waals surface area contributed by atoms with Crippen LogP contribution in [0.3, 0.4) is 0 Å². The van der Waals surface area contributed by atoms with Gasteiger partial charge in [-0.1, -0.05) is 6.07 Å². The Labute approximate surface area is 99.2 Å². The van der Waals surface area contributed by atoms with Crippen LogP contribution in [0, 0.1) is 17.0 Å². The Morgan fingerprint density at radius 2 is 2.18 bits per heavy atom. The number of nitrogens with zero attached hydrogens (tertiary/aromatic N) is 1. The number of carbonyl (C=O) groups is 1. The molecule has 0 heterocycles. The van der Waals surface area contributed by atoms with E-state index in [1.165, 1.54) is 6.07 Å². The van der Waals surface area contributed by atoms with E-state index in [1.807, 2.05) is 0 Å². The summed E-state index contributed by atoms with van der Waals surface area (Å²) in [7, 11) is 1.76. The van der Waals surface area contributed by atoms with Gasteiger partial charge in [-0.2, -0.15) is 0 Å². The maximum Gasteiger partial charge on any atom is 0.274 e. The molecule has 0 saturated heterocycles. The first kappa shape index (κ1) is 13.1. The lowest BCUT2D eigenvalue weighted by molar-refractivity contribution is -0.385. The summed E-state index contributed by atoms with van der Waals surface area (Å²) in [6.07, 6.45) is 0.332. The molecule has 6 heteroatoms. The van der Waals surface area contributed by atoms with Crippen molar-refractivity contribution in [1.29, 1.82) is 0 Å². The van der Waals surface area contributed by atoms with Crippen LogP contribution in [0.2, 0.25) is 0 Å². The number of carbonyl (C=O) groups excluding carboxylic acids is 1. The van der Waals surface area contributed by atoms with Crippen LogP contribution in [0.4, 0.5) is 11.4 Å². The molecule has 1 amide bonds. The molecule has 0 aliphatic heterocycles. The third kappa shape index (κ3) is 3.53. The number of nitrogens with one attached hydrogen (secondary N) is 2. The first-order valence-corrected chi connectivity index (χ1v) is 5.24. The van der Waals surface area contributed by atoms with Gasteiger partial charge in [0.2, 0.25) is 5.91 Å². The molecule has 0 spiro atoms. The van der Waals surface area contributed by atoms with Gasteiger partial charge in [0.05, 0.1) is 16.2 Å². The highest BCUT2D eigenvalue weighted by atomic mass is 16.6. The first-order chi connectivity index (χ1) is 8.06. The van der Waals surface area contributed by atoms with Crippen LogP contribution >= 0.6 is 0 Å². The van der Waals surface area contributed by atoms with E-state index in [9.17, 15) is 14.9 Å². The van der Waals surface area contributed by atoms with Crippen molar-refractivity contribution in [2.45, 2.75) is 13.3 Å². The van der Waals surface area contributed by atoms with Crippen LogP contribution in [0.5, 0.6) is 0 Å². The predicted octanol–water partition coefficient (Wildman–Crippen LogP) is 1.45. The van der Waals surface area contributed by atoms with Crippen molar-refractivity contribution in [2.75, 3.05) is 18.9 Å². The van der Waals surface area contributed by atoms with E-state index in [0.29, 0.717) is 24.2 Å². The van der Waals surface area contributed by atoms with Crippen molar-refractivity contribution < 1.29 is 9.72 Å². The second-order valence-corrected chi connectivity index (χ2v) is 3.61. The number of hydrogen-bond acceptors (Lipinski definition) is 4. The lowest BCUT2D eigenvalue weighted by Gasteiger charge is -2.08. The number of rotatable bonds is 5. The average Bonchev–Trinajstić information content (AvgIpc) is 2.28. The van der Waals surface area contributed by atoms with Gasteiger partial charge in [-0.25, -0.2) is 0 Å². The van der Waals surface area contributed by atoms with Crippen LogP contribution in [-0.4, -0.2) is 24.4 Å². The zero-order valence-corrected chi connectivity index (χ0v) is 9.82. The second-order valence-electron chi connectivity index (χ2n) is 3.61. The third-order valence-electron chi connectivity index (χ3n) is 2.38. The molecule has 0 atom stereocenters. The molecule has 0 fully saturated rings. The van der Waals surface area contributed by atoms with Crippen molar-refractivity contribution in [3.05, 3.63) is 33.9 Å². The summed E-state index contributed by atoms with van der Waals surface area (Å²) in [5, 5.41) is 16.2. The fourth-order valence-electron chi connectivity index (χ4n) is 1.41. The van der Waals surface area contributed by atoms with Crippen molar-refractivity contribution in [2.24, 2.45) is 0 Å². The predicted molar refractivity (Wildman–Crippen MR) is 65.0 cm³/mol. The molecule has 0 bridgehead atoms. The van der Waals surface area contributed by atoms with Crippen molar-refractivity contribution in [3.8, 4) is 0 Å². The lowest BCUT2D eigenvalue weighted by Crippen LogP contribution is -2.19. The summed E-state index contributed by atoms with van der Waals surface area (Å²) in [5.74, 6) is -0.164. The molecule has 1 aromatic carbocycles. The number of benzene rings is 1. The lowest BCUT2D eigenvalue weighted by atomic mass is 10.1. The number of amides is 1. The second kappa shape index (κ2) is 5.95. The smallest absolute Gasteiger partial charge is 0.274 e. The summed E-state index contributed by atoms with van der Waals surface area (Å²) in [6, 6.07) is 4.62. The molecule has 0 saturated carbocycles. The van der Waals surface area contributed by atoms with Gasteiger partial charge in [-0.05, 0) is 20.0 Å². The van der Waals surface area contributed by atoms with Crippen LogP contribution in [0.1, 0.15) is 12.0 Å². The highest BCUT2D eigenvalue weighted by Crippen LogP contribution is 2.24. The van der Waals surface area contributed by atoms with Gasteiger partial charge in [0, 0.05) is 19.0 Å². The molecule has 1 aromatic rings. The Morgan fingerprint density at radius 1 is 1.47 bits per heavy atom. The Morgan fingerprint density at radius 3 is 2.76 bits per heavy atom. The highest BCUT2D eigenvalue weighted by molar-refractivity contribution is 5.92. The maximum atomic E-state index is 11.5. The normalized spacial score (nSPS) is 10.0. The third-order valence-corrected chi connectivity index (χ3v) is 2.38. The minimum absolute atomic E-state index is 0.0106. The number of anilines is 1. The zero-order valence-electron chi connectivity index (χ0n) is 9.82. The van der Waals surface area contributed by atoms with Crippen LogP contribution < -0.4 is 10.6 Å². The molecular weight excluding hydrogens is 222 g/mol. The summed E-state index contributed by atoms with van der Waals surface area (Å²) in [4.78, 5) is 21.7. The molecule has 92 valence electrons. The Bertz CT molecular complexity index is 432. The molecule has 0 unspecified atom stereocenters. The topological polar surface area (TPSA) is 84.3 Å². The van der Waals surface area contributed by atoms with E-state index >= 15 is 0 Å². The molecule has 17 heavy (non-hydrogen) atoms. The van der Waals surface area contributed by atoms with Crippen molar-refractivity contribution in [3.63, 3.8) is 0 Å². The Hall–Kier alpha value is -1.95. The van der Waals surface area contributed by atoms with Crippen LogP contribution in [-0.2, 0) is 4.79 Å². The number of nitro benzene ring substituents is 1. The van der Waals surface area contributed by atoms with E-state index < -0.39 is 4.92 Å². The Balaban J connectivity index is 2.81. The molecule has 2 N–H and O–H groups in total. The zero-order chi connectivity index (χ0) is 12.8. The minimum Gasteiger partial charge on any atom is -0.326 e. The van der Waals surface area contributed by atoms with E-state index in [-0.39, 0.29) is 11.6 Å². The van der Waals surface area contributed by atoms with Crippen molar-refractivity contribution in [1.82, 2.24) is 5.32 Å². The minimum atomic E-state index is -0.460. The molecule has 0 aliphatic rings. The van der Waals surface area contributed by atoms with E-state index in [0.717, 1.165) is 0 Å². The van der Waals surface area contributed by atoms with E-state index in [2.05, 4.69) is 10.6 Å². The van der Waals surface area contributed by atoms with Gasteiger partial charge in [0.1, 0.15) is 0 Å². The van der Waals surface area contributed by atoms with Crippen LogP contribution in [0.25, 0.3) is 0 Å². The number of nitro groups is 1.